The number of hydrogen-bond donors (Lipinski definition) is 1. The molecule has 2 amide bonds. The van der Waals surface area contributed by atoms with E-state index in [1.54, 1.807) is 4.90 Å². The van der Waals surface area contributed by atoms with E-state index in [9.17, 15) is 9.59 Å². The summed E-state index contributed by atoms with van der Waals surface area (Å²) in [6.07, 6.45) is 1.26. The Hall–Kier alpha value is -2.62. The summed E-state index contributed by atoms with van der Waals surface area (Å²) in [7, 11) is 0. The first-order valence-corrected chi connectivity index (χ1v) is 9.68. The quantitative estimate of drug-likeness (QED) is 0.828. The molecule has 2 aromatic carbocycles. The number of carbonyl (C=O) groups is 2. The highest BCUT2D eigenvalue weighted by molar-refractivity contribution is 6.04. The van der Waals surface area contributed by atoms with Crippen LogP contribution in [0.15, 0.2) is 42.5 Å². The van der Waals surface area contributed by atoms with Crippen molar-refractivity contribution in [2.24, 2.45) is 5.92 Å². The van der Waals surface area contributed by atoms with Crippen molar-refractivity contribution in [2.75, 3.05) is 16.8 Å². The zero-order valence-corrected chi connectivity index (χ0v) is 16.6. The van der Waals surface area contributed by atoms with Gasteiger partial charge in [0.15, 0.2) is 0 Å². The first-order valence-electron chi connectivity index (χ1n) is 9.68. The van der Waals surface area contributed by atoms with Crippen LogP contribution in [0.5, 0.6) is 0 Å². The molecule has 0 radical (unpaired) electrons. The largest absolute Gasteiger partial charge is 0.326 e. The Morgan fingerprint density at radius 1 is 1.22 bits per heavy atom. The molecule has 1 fully saturated rings. The fourth-order valence-corrected chi connectivity index (χ4v) is 3.62. The van der Waals surface area contributed by atoms with Crippen LogP contribution in [0.2, 0.25) is 0 Å². The Labute approximate surface area is 161 Å². The molecule has 2 atom stereocenters. The Morgan fingerprint density at radius 2 is 1.96 bits per heavy atom. The Bertz CT molecular complexity index is 859. The summed E-state index contributed by atoms with van der Waals surface area (Å²) in [5, 5.41) is 3.07. The number of hydrogen-bond acceptors (Lipinski definition) is 2. The lowest BCUT2D eigenvalue weighted by Gasteiger charge is -2.20. The van der Waals surface area contributed by atoms with E-state index in [4.69, 9.17) is 0 Å². The molecule has 4 heteroatoms. The minimum absolute atomic E-state index is 0.0130. The third kappa shape index (κ3) is 4.05. The number of nitrogens with zero attached hydrogens (tertiary/aromatic N) is 1. The number of para-hydroxylation sites is 1. The molecule has 27 heavy (non-hydrogen) atoms. The van der Waals surface area contributed by atoms with Gasteiger partial charge in [0.05, 0.1) is 5.92 Å². The van der Waals surface area contributed by atoms with Gasteiger partial charge in [-0.25, -0.2) is 0 Å². The minimum atomic E-state index is -0.331. The smallest absolute Gasteiger partial charge is 0.229 e. The normalized spacial score (nSPS) is 17.9. The van der Waals surface area contributed by atoms with Crippen molar-refractivity contribution in [1.82, 2.24) is 0 Å². The summed E-state index contributed by atoms with van der Waals surface area (Å²) in [4.78, 5) is 27.2. The summed E-state index contributed by atoms with van der Waals surface area (Å²) in [6, 6.07) is 14.0. The molecule has 0 bridgehead atoms. The van der Waals surface area contributed by atoms with Gasteiger partial charge in [0.2, 0.25) is 11.8 Å². The Balaban J connectivity index is 1.76. The maximum absolute atomic E-state index is 12.9. The molecule has 0 spiro atoms. The number of rotatable bonds is 5. The highest BCUT2D eigenvalue weighted by Crippen LogP contribution is 2.31. The molecule has 4 nitrogen and oxygen atoms in total. The van der Waals surface area contributed by atoms with Gasteiger partial charge in [0.25, 0.3) is 0 Å². The van der Waals surface area contributed by atoms with Crippen LogP contribution in [-0.2, 0) is 9.59 Å². The molecule has 1 heterocycles. The van der Waals surface area contributed by atoms with Crippen molar-refractivity contribution < 1.29 is 9.59 Å². The maximum atomic E-state index is 12.9. The van der Waals surface area contributed by atoms with Crippen molar-refractivity contribution in [2.45, 2.75) is 46.5 Å². The standard InChI is InChI=1S/C23H28N2O2/c1-5-16(3)19-8-6-7-9-20(19)24-23(27)18-13-22(26)25(14-18)21-12-15(2)10-11-17(21)4/h6-12,16,18H,5,13-14H2,1-4H3,(H,24,27). The van der Waals surface area contributed by atoms with Crippen molar-refractivity contribution in [3.05, 3.63) is 59.2 Å². The molecular weight excluding hydrogens is 336 g/mol. The van der Waals surface area contributed by atoms with E-state index in [0.29, 0.717) is 12.5 Å². The number of aryl methyl sites for hydroxylation is 2. The van der Waals surface area contributed by atoms with Crippen molar-refractivity contribution in [3.8, 4) is 0 Å². The van der Waals surface area contributed by atoms with Crippen LogP contribution in [0.25, 0.3) is 0 Å². The topological polar surface area (TPSA) is 49.4 Å². The molecule has 1 aliphatic heterocycles. The van der Waals surface area contributed by atoms with E-state index < -0.39 is 0 Å². The van der Waals surface area contributed by atoms with E-state index in [1.165, 1.54) is 0 Å². The highest BCUT2D eigenvalue weighted by atomic mass is 16.2. The van der Waals surface area contributed by atoms with Gasteiger partial charge in [-0.3, -0.25) is 9.59 Å². The fraction of sp³-hybridized carbons (Fsp3) is 0.391. The number of carbonyl (C=O) groups excluding carboxylic acids is 2. The van der Waals surface area contributed by atoms with Gasteiger partial charge in [-0.05, 0) is 55.0 Å². The third-order valence-electron chi connectivity index (χ3n) is 5.51. The molecular formula is C23H28N2O2. The van der Waals surface area contributed by atoms with Gasteiger partial charge in [0.1, 0.15) is 0 Å². The van der Waals surface area contributed by atoms with Crippen LogP contribution in [0.1, 0.15) is 49.3 Å². The molecule has 1 N–H and O–H groups in total. The zero-order valence-electron chi connectivity index (χ0n) is 16.6. The highest BCUT2D eigenvalue weighted by Gasteiger charge is 2.36. The first-order chi connectivity index (χ1) is 12.9. The lowest BCUT2D eigenvalue weighted by molar-refractivity contribution is -0.122. The number of benzene rings is 2. The molecule has 0 aromatic heterocycles. The van der Waals surface area contributed by atoms with Crippen molar-refractivity contribution in [1.29, 1.82) is 0 Å². The van der Waals surface area contributed by atoms with Crippen LogP contribution in [-0.4, -0.2) is 18.4 Å². The zero-order chi connectivity index (χ0) is 19.6. The van der Waals surface area contributed by atoms with Gasteiger partial charge >= 0.3 is 0 Å². The van der Waals surface area contributed by atoms with Gasteiger partial charge in [-0.2, -0.15) is 0 Å². The second-order valence-corrected chi connectivity index (χ2v) is 7.58. The predicted molar refractivity (Wildman–Crippen MR) is 110 cm³/mol. The number of anilines is 2. The molecule has 1 aliphatic rings. The van der Waals surface area contributed by atoms with Gasteiger partial charge in [-0.1, -0.05) is 44.2 Å². The van der Waals surface area contributed by atoms with E-state index in [2.05, 4.69) is 25.2 Å². The Morgan fingerprint density at radius 3 is 2.70 bits per heavy atom. The van der Waals surface area contributed by atoms with Crippen LogP contribution in [0.4, 0.5) is 11.4 Å². The molecule has 0 saturated carbocycles. The average molecular weight is 364 g/mol. The lowest BCUT2D eigenvalue weighted by Crippen LogP contribution is -2.29. The van der Waals surface area contributed by atoms with Crippen LogP contribution in [0.3, 0.4) is 0 Å². The summed E-state index contributed by atoms with van der Waals surface area (Å²) < 4.78 is 0. The number of nitrogens with one attached hydrogen (secondary N) is 1. The van der Waals surface area contributed by atoms with Gasteiger partial charge in [0, 0.05) is 24.3 Å². The summed E-state index contributed by atoms with van der Waals surface area (Å²) in [5.74, 6) is -0.0217. The SMILES string of the molecule is CCC(C)c1ccccc1NC(=O)C1CC(=O)N(c2cc(C)ccc2C)C1. The van der Waals surface area contributed by atoms with E-state index >= 15 is 0 Å². The van der Waals surface area contributed by atoms with Crippen LogP contribution < -0.4 is 10.2 Å². The molecule has 142 valence electrons. The average Bonchev–Trinajstić information content (AvgIpc) is 3.05. The molecule has 2 aromatic rings. The predicted octanol–water partition coefficient (Wildman–Crippen LogP) is 4.81. The third-order valence-corrected chi connectivity index (χ3v) is 5.51. The number of amides is 2. The van der Waals surface area contributed by atoms with Crippen LogP contribution >= 0.6 is 0 Å². The van der Waals surface area contributed by atoms with E-state index in [0.717, 1.165) is 34.5 Å². The van der Waals surface area contributed by atoms with Gasteiger partial charge < -0.3 is 10.2 Å². The summed E-state index contributed by atoms with van der Waals surface area (Å²) in [5.41, 5.74) is 5.07. The summed E-state index contributed by atoms with van der Waals surface area (Å²) in [6.45, 7) is 8.74. The minimum Gasteiger partial charge on any atom is -0.326 e. The van der Waals surface area contributed by atoms with Crippen molar-refractivity contribution in [3.63, 3.8) is 0 Å². The van der Waals surface area contributed by atoms with Crippen molar-refractivity contribution >= 4 is 23.2 Å². The monoisotopic (exact) mass is 364 g/mol. The van der Waals surface area contributed by atoms with Gasteiger partial charge in [-0.15, -0.1) is 0 Å². The molecule has 2 unspecified atom stereocenters. The maximum Gasteiger partial charge on any atom is 0.229 e. The molecule has 1 saturated heterocycles. The van der Waals surface area contributed by atoms with E-state index in [1.807, 2.05) is 50.2 Å². The first kappa shape index (κ1) is 19.2. The molecule has 3 rings (SSSR count). The van der Waals surface area contributed by atoms with E-state index in [-0.39, 0.29) is 24.2 Å². The second kappa shape index (κ2) is 7.95. The fourth-order valence-electron chi connectivity index (χ4n) is 3.62. The molecule has 0 aliphatic carbocycles. The summed E-state index contributed by atoms with van der Waals surface area (Å²) >= 11 is 0. The lowest BCUT2D eigenvalue weighted by atomic mass is 9.96. The second-order valence-electron chi connectivity index (χ2n) is 7.58. The Kier molecular flexibility index (Phi) is 5.64. The van der Waals surface area contributed by atoms with Crippen LogP contribution in [0, 0.1) is 19.8 Å².